The molecule has 0 radical (unpaired) electrons. The molecule has 4 atom stereocenters. The standard InChI is InChI=1S/C14H15ClN2O2/c15-8-3-4-9(16-12(8)14(18)19)17-13-10-6-1-2-7(5-6)11(10)13/h3-4,6-7,10-11,13H,1-2,5H2,(H,16,17)(H,18,19). The number of carboxylic acids is 1. The fourth-order valence-electron chi connectivity index (χ4n) is 4.36. The number of nitrogens with zero attached hydrogens (tertiary/aromatic N) is 1. The first-order valence-electron chi connectivity index (χ1n) is 6.81. The van der Waals surface area contributed by atoms with E-state index in [9.17, 15) is 4.79 Å². The van der Waals surface area contributed by atoms with Gasteiger partial charge in [-0.3, -0.25) is 0 Å². The Labute approximate surface area is 116 Å². The van der Waals surface area contributed by atoms with E-state index in [1.165, 1.54) is 19.3 Å². The molecule has 0 spiro atoms. The maximum absolute atomic E-state index is 11.0. The molecule has 0 amide bonds. The molecule has 5 heteroatoms. The van der Waals surface area contributed by atoms with Crippen LogP contribution >= 0.6 is 11.6 Å². The van der Waals surface area contributed by atoms with Crippen molar-refractivity contribution >= 4 is 23.4 Å². The summed E-state index contributed by atoms with van der Waals surface area (Å²) >= 11 is 5.82. The predicted molar refractivity (Wildman–Crippen MR) is 71.4 cm³/mol. The summed E-state index contributed by atoms with van der Waals surface area (Å²) in [7, 11) is 0. The first kappa shape index (κ1) is 11.5. The Morgan fingerprint density at radius 2 is 2.00 bits per heavy atom. The van der Waals surface area contributed by atoms with Gasteiger partial charge in [-0.2, -0.15) is 0 Å². The van der Waals surface area contributed by atoms with Crippen LogP contribution in [0.15, 0.2) is 12.1 Å². The van der Waals surface area contributed by atoms with Crippen molar-refractivity contribution in [2.24, 2.45) is 23.7 Å². The van der Waals surface area contributed by atoms with E-state index in [2.05, 4.69) is 10.3 Å². The van der Waals surface area contributed by atoms with Crippen LogP contribution in [0.2, 0.25) is 5.02 Å². The zero-order valence-electron chi connectivity index (χ0n) is 10.3. The summed E-state index contributed by atoms with van der Waals surface area (Å²) < 4.78 is 0. The summed E-state index contributed by atoms with van der Waals surface area (Å²) in [5.74, 6) is 2.93. The van der Waals surface area contributed by atoms with E-state index in [0.717, 1.165) is 23.7 Å². The van der Waals surface area contributed by atoms with Crippen molar-refractivity contribution in [1.29, 1.82) is 0 Å². The molecule has 1 aromatic rings. The van der Waals surface area contributed by atoms with Crippen LogP contribution in [-0.2, 0) is 0 Å². The molecular formula is C14H15ClN2O2. The Balaban J connectivity index is 1.53. The van der Waals surface area contributed by atoms with E-state index >= 15 is 0 Å². The molecule has 3 fully saturated rings. The molecule has 4 nitrogen and oxygen atoms in total. The van der Waals surface area contributed by atoms with Crippen LogP contribution in [0.25, 0.3) is 0 Å². The highest BCUT2D eigenvalue weighted by Crippen LogP contribution is 2.66. The molecule has 0 saturated heterocycles. The molecule has 3 aliphatic rings. The number of rotatable bonds is 3. The van der Waals surface area contributed by atoms with Crippen LogP contribution in [0.4, 0.5) is 5.82 Å². The van der Waals surface area contributed by atoms with Gasteiger partial charge in [0.25, 0.3) is 0 Å². The SMILES string of the molecule is O=C(O)c1nc(NC2C3C4CCC(C4)C23)ccc1Cl. The van der Waals surface area contributed by atoms with Crippen LogP contribution in [0.3, 0.4) is 0 Å². The predicted octanol–water partition coefficient (Wildman–Crippen LogP) is 2.89. The van der Waals surface area contributed by atoms with Crippen molar-refractivity contribution < 1.29 is 9.90 Å². The van der Waals surface area contributed by atoms with Crippen molar-refractivity contribution in [3.8, 4) is 0 Å². The van der Waals surface area contributed by atoms with Gasteiger partial charge in [0.15, 0.2) is 5.69 Å². The van der Waals surface area contributed by atoms with E-state index < -0.39 is 5.97 Å². The lowest BCUT2D eigenvalue weighted by Crippen LogP contribution is -2.14. The third kappa shape index (κ3) is 1.66. The second-order valence-corrected chi connectivity index (χ2v) is 6.40. The number of hydrogen-bond donors (Lipinski definition) is 2. The van der Waals surface area contributed by atoms with Crippen molar-refractivity contribution in [1.82, 2.24) is 4.98 Å². The summed E-state index contributed by atoms with van der Waals surface area (Å²) in [5, 5.41) is 12.6. The number of pyridine rings is 1. The average Bonchev–Trinajstić information content (AvgIpc) is 2.79. The first-order chi connectivity index (χ1) is 9.15. The van der Waals surface area contributed by atoms with Crippen molar-refractivity contribution in [3.63, 3.8) is 0 Å². The number of hydrogen-bond acceptors (Lipinski definition) is 3. The molecule has 3 aliphatic carbocycles. The van der Waals surface area contributed by atoms with Crippen molar-refractivity contribution in [2.45, 2.75) is 25.3 Å². The molecule has 0 aliphatic heterocycles. The molecule has 19 heavy (non-hydrogen) atoms. The first-order valence-corrected chi connectivity index (χ1v) is 7.19. The lowest BCUT2D eigenvalue weighted by Gasteiger charge is -2.11. The number of aromatic nitrogens is 1. The van der Waals surface area contributed by atoms with Crippen LogP contribution in [0.5, 0.6) is 0 Å². The van der Waals surface area contributed by atoms with Gasteiger partial charge in [0, 0.05) is 6.04 Å². The highest BCUT2D eigenvalue weighted by atomic mass is 35.5. The zero-order chi connectivity index (χ0) is 13.1. The molecule has 1 heterocycles. The van der Waals surface area contributed by atoms with Gasteiger partial charge in [-0.1, -0.05) is 11.6 Å². The highest BCUT2D eigenvalue weighted by Gasteiger charge is 2.65. The highest BCUT2D eigenvalue weighted by molar-refractivity contribution is 6.33. The molecule has 0 aromatic carbocycles. The fraction of sp³-hybridized carbons (Fsp3) is 0.571. The Morgan fingerprint density at radius 1 is 1.32 bits per heavy atom. The number of aromatic carboxylic acids is 1. The number of anilines is 1. The molecule has 2 bridgehead atoms. The number of fused-ring (bicyclic) bond motifs is 5. The van der Waals surface area contributed by atoms with E-state index in [0.29, 0.717) is 11.9 Å². The quantitative estimate of drug-likeness (QED) is 0.892. The van der Waals surface area contributed by atoms with Gasteiger partial charge in [0.1, 0.15) is 5.82 Å². The number of halogens is 1. The van der Waals surface area contributed by atoms with Crippen LogP contribution in [-0.4, -0.2) is 22.1 Å². The third-order valence-corrected chi connectivity index (χ3v) is 5.40. The third-order valence-electron chi connectivity index (χ3n) is 5.10. The monoisotopic (exact) mass is 278 g/mol. The van der Waals surface area contributed by atoms with Gasteiger partial charge >= 0.3 is 5.97 Å². The molecule has 4 unspecified atom stereocenters. The molecule has 100 valence electrons. The lowest BCUT2D eigenvalue weighted by molar-refractivity contribution is 0.0691. The zero-order valence-corrected chi connectivity index (χ0v) is 11.1. The van der Waals surface area contributed by atoms with Gasteiger partial charge in [-0.05, 0) is 55.1 Å². The average molecular weight is 279 g/mol. The maximum Gasteiger partial charge on any atom is 0.356 e. The summed E-state index contributed by atoms with van der Waals surface area (Å²) in [5.41, 5.74) is -0.0690. The maximum atomic E-state index is 11.0. The largest absolute Gasteiger partial charge is 0.476 e. The summed E-state index contributed by atoms with van der Waals surface area (Å²) in [6, 6.07) is 3.87. The lowest BCUT2D eigenvalue weighted by atomic mass is 10.0. The number of carboxylic acid groups (broad SMARTS) is 1. The minimum atomic E-state index is -1.08. The minimum absolute atomic E-state index is 0.0690. The van der Waals surface area contributed by atoms with Crippen molar-refractivity contribution in [2.75, 3.05) is 5.32 Å². The van der Waals surface area contributed by atoms with E-state index in [4.69, 9.17) is 16.7 Å². The Hall–Kier alpha value is -1.29. The minimum Gasteiger partial charge on any atom is -0.476 e. The van der Waals surface area contributed by atoms with Gasteiger partial charge < -0.3 is 10.4 Å². The molecule has 4 rings (SSSR count). The molecule has 3 saturated carbocycles. The van der Waals surface area contributed by atoms with Gasteiger partial charge in [0.2, 0.25) is 0 Å². The Morgan fingerprint density at radius 3 is 2.63 bits per heavy atom. The fourth-order valence-corrected chi connectivity index (χ4v) is 4.55. The smallest absolute Gasteiger partial charge is 0.356 e. The Kier molecular flexibility index (Phi) is 2.34. The molecular weight excluding hydrogens is 264 g/mol. The summed E-state index contributed by atoms with van der Waals surface area (Å²) in [6.07, 6.45) is 4.15. The number of carbonyl (C=O) groups is 1. The summed E-state index contributed by atoms with van der Waals surface area (Å²) in [4.78, 5) is 15.1. The van der Waals surface area contributed by atoms with Gasteiger partial charge in [0.05, 0.1) is 5.02 Å². The van der Waals surface area contributed by atoms with E-state index in [1.54, 1.807) is 12.1 Å². The second kappa shape index (κ2) is 3.85. The van der Waals surface area contributed by atoms with E-state index in [1.807, 2.05) is 0 Å². The topological polar surface area (TPSA) is 62.2 Å². The van der Waals surface area contributed by atoms with Gasteiger partial charge in [-0.15, -0.1) is 0 Å². The van der Waals surface area contributed by atoms with Crippen LogP contribution in [0.1, 0.15) is 29.8 Å². The Bertz CT molecular complexity index is 546. The van der Waals surface area contributed by atoms with Crippen molar-refractivity contribution in [3.05, 3.63) is 22.8 Å². The number of nitrogens with one attached hydrogen (secondary N) is 1. The molecule has 1 aromatic heterocycles. The second-order valence-electron chi connectivity index (χ2n) is 5.99. The molecule has 2 N–H and O–H groups in total. The summed E-state index contributed by atoms with van der Waals surface area (Å²) in [6.45, 7) is 0. The van der Waals surface area contributed by atoms with Crippen LogP contribution < -0.4 is 5.32 Å². The van der Waals surface area contributed by atoms with Crippen LogP contribution in [0, 0.1) is 23.7 Å². The normalized spacial score (nSPS) is 38.1. The van der Waals surface area contributed by atoms with E-state index in [-0.39, 0.29) is 10.7 Å². The van der Waals surface area contributed by atoms with Gasteiger partial charge in [-0.25, -0.2) is 9.78 Å².